The first kappa shape index (κ1) is 12.2. The van der Waals surface area contributed by atoms with Gasteiger partial charge in [0.25, 0.3) is 0 Å². The minimum absolute atomic E-state index is 1.06. The second-order valence-electron chi connectivity index (χ2n) is 5.49. The Bertz CT molecular complexity index is 758. The van der Waals surface area contributed by atoms with Crippen molar-refractivity contribution in [3.63, 3.8) is 0 Å². The molecule has 1 aliphatic heterocycles. The van der Waals surface area contributed by atoms with Crippen LogP contribution in [0.15, 0.2) is 72.8 Å². The molecule has 21 heavy (non-hydrogen) atoms. The first-order valence-corrected chi connectivity index (χ1v) is 7.43. The molecule has 1 heteroatoms. The zero-order chi connectivity index (χ0) is 14.1. The van der Waals surface area contributed by atoms with Crippen LogP contribution in [0.2, 0.25) is 0 Å². The highest BCUT2D eigenvalue weighted by Crippen LogP contribution is 2.30. The van der Waals surface area contributed by atoms with E-state index >= 15 is 0 Å². The van der Waals surface area contributed by atoms with E-state index in [0.717, 1.165) is 13.0 Å². The quantitative estimate of drug-likeness (QED) is 0.692. The fourth-order valence-corrected chi connectivity index (χ4v) is 2.97. The summed E-state index contributed by atoms with van der Waals surface area (Å²) in [6.07, 6.45) is 1.13. The lowest BCUT2D eigenvalue weighted by Gasteiger charge is -2.07. The zero-order valence-electron chi connectivity index (χ0n) is 11.8. The maximum atomic E-state index is 3.41. The largest absolute Gasteiger partial charge is 0.384 e. The third-order valence-electron chi connectivity index (χ3n) is 4.14. The third-order valence-corrected chi connectivity index (χ3v) is 4.14. The SMILES string of the molecule is c1ccc(-c2ccc(-c3ccc4c(c3)CCN4)cc2)cc1. The molecule has 0 bridgehead atoms. The summed E-state index contributed by atoms with van der Waals surface area (Å²) < 4.78 is 0. The van der Waals surface area contributed by atoms with E-state index in [4.69, 9.17) is 0 Å². The Labute approximate surface area is 125 Å². The Morgan fingerprint density at radius 3 is 2.00 bits per heavy atom. The topological polar surface area (TPSA) is 12.0 Å². The molecule has 1 nitrogen and oxygen atoms in total. The fourth-order valence-electron chi connectivity index (χ4n) is 2.97. The number of fused-ring (bicyclic) bond motifs is 1. The van der Waals surface area contributed by atoms with Gasteiger partial charge in [0.2, 0.25) is 0 Å². The maximum Gasteiger partial charge on any atom is 0.0373 e. The first-order chi connectivity index (χ1) is 10.4. The van der Waals surface area contributed by atoms with Gasteiger partial charge in [-0.2, -0.15) is 0 Å². The molecule has 0 atom stereocenters. The number of hydrogen-bond acceptors (Lipinski definition) is 1. The van der Waals surface area contributed by atoms with Crippen LogP contribution in [0, 0.1) is 0 Å². The molecule has 0 aliphatic carbocycles. The van der Waals surface area contributed by atoms with Crippen LogP contribution < -0.4 is 5.32 Å². The molecule has 3 aromatic rings. The monoisotopic (exact) mass is 271 g/mol. The van der Waals surface area contributed by atoms with Crippen LogP contribution in [-0.4, -0.2) is 6.54 Å². The van der Waals surface area contributed by atoms with Gasteiger partial charge in [0.1, 0.15) is 0 Å². The van der Waals surface area contributed by atoms with Gasteiger partial charge >= 0.3 is 0 Å². The van der Waals surface area contributed by atoms with Crippen LogP contribution in [0.4, 0.5) is 5.69 Å². The van der Waals surface area contributed by atoms with Gasteiger partial charge in [0.05, 0.1) is 0 Å². The molecule has 4 rings (SSSR count). The lowest BCUT2D eigenvalue weighted by atomic mass is 9.98. The van der Waals surface area contributed by atoms with Crippen molar-refractivity contribution >= 4 is 5.69 Å². The maximum absolute atomic E-state index is 3.41. The smallest absolute Gasteiger partial charge is 0.0373 e. The van der Waals surface area contributed by atoms with Gasteiger partial charge < -0.3 is 5.32 Å². The van der Waals surface area contributed by atoms with Gasteiger partial charge in [-0.25, -0.2) is 0 Å². The number of nitrogens with one attached hydrogen (secondary N) is 1. The molecule has 3 aromatic carbocycles. The Kier molecular flexibility index (Phi) is 2.97. The summed E-state index contributed by atoms with van der Waals surface area (Å²) in [5, 5.41) is 3.41. The van der Waals surface area contributed by atoms with E-state index in [2.05, 4.69) is 78.1 Å². The van der Waals surface area contributed by atoms with Crippen molar-refractivity contribution in [2.24, 2.45) is 0 Å². The van der Waals surface area contributed by atoms with Gasteiger partial charge in [0.15, 0.2) is 0 Å². The van der Waals surface area contributed by atoms with Crippen molar-refractivity contribution in [2.45, 2.75) is 6.42 Å². The van der Waals surface area contributed by atoms with Gasteiger partial charge in [0, 0.05) is 12.2 Å². The lowest BCUT2D eigenvalue weighted by molar-refractivity contribution is 1.11. The van der Waals surface area contributed by atoms with Crippen LogP contribution in [0.1, 0.15) is 5.56 Å². The number of rotatable bonds is 2. The summed E-state index contributed by atoms with van der Waals surface area (Å²) >= 11 is 0. The van der Waals surface area contributed by atoms with Crippen molar-refractivity contribution < 1.29 is 0 Å². The summed E-state index contributed by atoms with van der Waals surface area (Å²) in [4.78, 5) is 0. The van der Waals surface area contributed by atoms with E-state index in [0.29, 0.717) is 0 Å². The summed E-state index contributed by atoms with van der Waals surface area (Å²) in [7, 11) is 0. The molecular weight excluding hydrogens is 254 g/mol. The molecule has 102 valence electrons. The zero-order valence-corrected chi connectivity index (χ0v) is 11.8. The lowest BCUT2D eigenvalue weighted by Crippen LogP contribution is -1.90. The van der Waals surface area contributed by atoms with Gasteiger partial charge in [-0.3, -0.25) is 0 Å². The minimum atomic E-state index is 1.06. The molecule has 0 unspecified atom stereocenters. The van der Waals surface area contributed by atoms with E-state index < -0.39 is 0 Å². The third kappa shape index (κ3) is 2.31. The predicted molar refractivity (Wildman–Crippen MR) is 89.5 cm³/mol. The summed E-state index contributed by atoms with van der Waals surface area (Å²) in [6.45, 7) is 1.06. The Morgan fingerprint density at radius 1 is 0.619 bits per heavy atom. The molecule has 1 aliphatic rings. The van der Waals surface area contributed by atoms with Crippen molar-refractivity contribution in [3.8, 4) is 22.3 Å². The summed E-state index contributed by atoms with van der Waals surface area (Å²) in [5.41, 5.74) is 7.84. The van der Waals surface area contributed by atoms with Crippen molar-refractivity contribution in [1.29, 1.82) is 0 Å². The van der Waals surface area contributed by atoms with Crippen LogP contribution in [0.3, 0.4) is 0 Å². The molecule has 0 saturated heterocycles. The van der Waals surface area contributed by atoms with Crippen molar-refractivity contribution in [3.05, 3.63) is 78.4 Å². The van der Waals surface area contributed by atoms with Gasteiger partial charge in [-0.05, 0) is 46.4 Å². The highest BCUT2D eigenvalue weighted by molar-refractivity contribution is 5.73. The number of benzene rings is 3. The van der Waals surface area contributed by atoms with Crippen LogP contribution >= 0.6 is 0 Å². The van der Waals surface area contributed by atoms with Gasteiger partial charge in [-0.1, -0.05) is 60.7 Å². The second-order valence-corrected chi connectivity index (χ2v) is 5.49. The summed E-state index contributed by atoms with van der Waals surface area (Å²) in [6, 6.07) is 26.1. The molecule has 0 fully saturated rings. The van der Waals surface area contributed by atoms with Crippen molar-refractivity contribution in [2.75, 3.05) is 11.9 Å². The molecule has 1 N–H and O–H groups in total. The van der Waals surface area contributed by atoms with E-state index in [1.54, 1.807) is 0 Å². The van der Waals surface area contributed by atoms with Gasteiger partial charge in [-0.15, -0.1) is 0 Å². The van der Waals surface area contributed by atoms with E-state index in [-0.39, 0.29) is 0 Å². The van der Waals surface area contributed by atoms with Crippen molar-refractivity contribution in [1.82, 2.24) is 0 Å². The highest BCUT2D eigenvalue weighted by Gasteiger charge is 2.10. The van der Waals surface area contributed by atoms with E-state index in [1.165, 1.54) is 33.5 Å². The predicted octanol–water partition coefficient (Wildman–Crippen LogP) is 4.99. The highest BCUT2D eigenvalue weighted by atomic mass is 14.9. The Hall–Kier alpha value is -2.54. The number of anilines is 1. The molecule has 0 amide bonds. The molecule has 1 heterocycles. The average Bonchev–Trinajstić information content (AvgIpc) is 3.03. The minimum Gasteiger partial charge on any atom is -0.384 e. The van der Waals surface area contributed by atoms with Crippen LogP contribution in [0.25, 0.3) is 22.3 Å². The molecular formula is C20H17N. The Morgan fingerprint density at radius 2 is 1.24 bits per heavy atom. The van der Waals surface area contributed by atoms with Crippen LogP contribution in [-0.2, 0) is 6.42 Å². The normalized spacial score (nSPS) is 12.8. The fraction of sp³-hybridized carbons (Fsp3) is 0.100. The molecule has 0 spiro atoms. The first-order valence-electron chi connectivity index (χ1n) is 7.43. The summed E-state index contributed by atoms with van der Waals surface area (Å²) in [5.74, 6) is 0. The molecule has 0 saturated carbocycles. The van der Waals surface area contributed by atoms with E-state index in [9.17, 15) is 0 Å². The molecule has 0 aromatic heterocycles. The average molecular weight is 271 g/mol. The standard InChI is InChI=1S/C20H17N/c1-2-4-15(5-3-1)16-6-8-17(9-7-16)18-10-11-20-19(14-18)12-13-21-20/h1-11,14,21H,12-13H2. The second kappa shape index (κ2) is 5.10. The van der Waals surface area contributed by atoms with E-state index in [1.807, 2.05) is 0 Å². The Balaban J connectivity index is 1.68. The van der Waals surface area contributed by atoms with Crippen LogP contribution in [0.5, 0.6) is 0 Å². The number of hydrogen-bond donors (Lipinski definition) is 1. The molecule has 0 radical (unpaired) electrons.